The highest BCUT2D eigenvalue weighted by atomic mass is 80.0. The molecule has 1 aromatic heterocycles. The molecule has 0 spiro atoms. The molecule has 0 saturated carbocycles. The van der Waals surface area contributed by atoms with E-state index in [1.165, 1.54) is 13.1 Å². The number of fused-ring (bicyclic) bond motifs is 1. The molecular weight excluding hydrogens is 492 g/mol. The van der Waals surface area contributed by atoms with Crippen molar-refractivity contribution in [3.8, 4) is 0 Å². The summed E-state index contributed by atoms with van der Waals surface area (Å²) in [6, 6.07) is 7.89. The molecule has 0 bridgehead atoms. The van der Waals surface area contributed by atoms with Gasteiger partial charge in [0, 0.05) is 18.0 Å². The Labute approximate surface area is 146 Å². The van der Waals surface area contributed by atoms with E-state index in [1.54, 1.807) is 24.3 Å². The number of pyridine rings is 1. The number of benzene rings is 1. The zero-order valence-corrected chi connectivity index (χ0v) is 16.2. The van der Waals surface area contributed by atoms with Crippen LogP contribution in [-0.2, 0) is 9.84 Å². The van der Waals surface area contributed by atoms with Crippen LogP contribution < -0.4 is 5.32 Å². The normalized spacial score (nSPS) is 12.4. The Morgan fingerprint density at radius 2 is 1.86 bits per heavy atom. The number of carbonyl (C=O) groups is 1. The van der Waals surface area contributed by atoms with E-state index in [4.69, 9.17) is 0 Å². The number of rotatable bonds is 2. The predicted octanol–water partition coefficient (Wildman–Crippen LogP) is 3.16. The molecule has 0 radical (unpaired) electrons. The molecule has 0 aliphatic rings. The summed E-state index contributed by atoms with van der Waals surface area (Å²) in [6.45, 7) is 0. The average Bonchev–Trinajstić information content (AvgIpc) is 2.44. The third kappa shape index (κ3) is 3.15. The number of hydrogen-bond acceptors (Lipinski definition) is 4. The average molecular weight is 501 g/mol. The first-order valence-corrected chi connectivity index (χ1v) is 9.48. The summed E-state index contributed by atoms with van der Waals surface area (Å²) in [4.78, 5) is 15.9. The Morgan fingerprint density at radius 1 is 1.19 bits per heavy atom. The molecule has 21 heavy (non-hydrogen) atoms. The van der Waals surface area contributed by atoms with Gasteiger partial charge in [0.25, 0.3) is 5.91 Å². The molecule has 0 atom stereocenters. The van der Waals surface area contributed by atoms with Gasteiger partial charge in [-0.3, -0.25) is 4.79 Å². The number of alkyl halides is 3. The Bertz CT molecular complexity index is 816. The lowest BCUT2D eigenvalue weighted by Crippen LogP contribution is -2.20. The van der Waals surface area contributed by atoms with Crippen molar-refractivity contribution in [3.05, 3.63) is 35.9 Å². The molecule has 1 aromatic carbocycles. The van der Waals surface area contributed by atoms with Crippen LogP contribution >= 0.6 is 47.8 Å². The molecule has 2 aromatic rings. The highest BCUT2D eigenvalue weighted by Crippen LogP contribution is 2.42. The van der Waals surface area contributed by atoms with Crippen molar-refractivity contribution < 1.29 is 13.2 Å². The maximum atomic E-state index is 12.3. The molecule has 1 amide bonds. The van der Waals surface area contributed by atoms with Crippen LogP contribution in [0.15, 0.2) is 35.4 Å². The van der Waals surface area contributed by atoms with Crippen LogP contribution in [0.25, 0.3) is 10.9 Å². The Hall–Kier alpha value is -0.510. The second-order valence-corrected chi connectivity index (χ2v) is 14.4. The standard InChI is InChI=1S/C12H9Br3N2O3S/c1-16-11(18)8-3-2-4-9-7(8)5-6-10(17-9)21(19,20)12(13,14)15/h2-6H,1H3,(H,16,18). The minimum atomic E-state index is -3.77. The molecule has 0 unspecified atom stereocenters. The van der Waals surface area contributed by atoms with Gasteiger partial charge in [0.1, 0.15) is 0 Å². The highest BCUT2D eigenvalue weighted by molar-refractivity contribution is 9.42. The summed E-state index contributed by atoms with van der Waals surface area (Å²) in [5, 5.41) is 3.00. The zero-order valence-electron chi connectivity index (χ0n) is 10.6. The number of amides is 1. The van der Waals surface area contributed by atoms with Gasteiger partial charge < -0.3 is 5.32 Å². The number of sulfone groups is 1. The van der Waals surface area contributed by atoms with Crippen LogP contribution in [-0.4, -0.2) is 27.8 Å². The SMILES string of the molecule is CNC(=O)c1cccc2nc(S(=O)(=O)C(Br)(Br)Br)ccc12. The van der Waals surface area contributed by atoms with E-state index in [0.717, 1.165) is 0 Å². The summed E-state index contributed by atoms with van der Waals surface area (Å²) >= 11 is 8.97. The molecule has 0 aliphatic carbocycles. The number of hydrogen-bond donors (Lipinski definition) is 1. The van der Waals surface area contributed by atoms with Crippen LogP contribution in [0.5, 0.6) is 0 Å². The Kier molecular flexibility index (Phi) is 4.77. The van der Waals surface area contributed by atoms with Gasteiger partial charge in [-0.05, 0) is 72.1 Å². The molecule has 0 saturated heterocycles. The van der Waals surface area contributed by atoms with Crippen molar-refractivity contribution >= 4 is 74.4 Å². The minimum absolute atomic E-state index is 0.116. The summed E-state index contributed by atoms with van der Waals surface area (Å²) in [5.41, 5.74) is 0.864. The predicted molar refractivity (Wildman–Crippen MR) is 91.8 cm³/mol. The summed E-state index contributed by atoms with van der Waals surface area (Å²) in [7, 11) is -2.24. The summed E-state index contributed by atoms with van der Waals surface area (Å²) < 4.78 is 23.1. The van der Waals surface area contributed by atoms with Crippen molar-refractivity contribution in [2.24, 2.45) is 0 Å². The fourth-order valence-electron chi connectivity index (χ4n) is 1.74. The van der Waals surface area contributed by atoms with E-state index < -0.39 is 11.3 Å². The van der Waals surface area contributed by atoms with Crippen LogP contribution in [0.2, 0.25) is 0 Å². The van der Waals surface area contributed by atoms with Crippen molar-refractivity contribution in [2.45, 2.75) is 6.50 Å². The van der Waals surface area contributed by atoms with Gasteiger partial charge in [-0.1, -0.05) is 6.07 Å². The Morgan fingerprint density at radius 3 is 2.43 bits per heavy atom. The first kappa shape index (κ1) is 16.9. The third-order valence-corrected chi connectivity index (χ3v) is 7.98. The van der Waals surface area contributed by atoms with Crippen molar-refractivity contribution in [3.63, 3.8) is 0 Å². The smallest absolute Gasteiger partial charge is 0.251 e. The zero-order chi connectivity index (χ0) is 15.8. The van der Waals surface area contributed by atoms with E-state index >= 15 is 0 Å². The molecule has 2 rings (SSSR count). The summed E-state index contributed by atoms with van der Waals surface area (Å²) in [5.74, 6) is -0.256. The van der Waals surface area contributed by atoms with Gasteiger partial charge in [-0.2, -0.15) is 0 Å². The first-order valence-electron chi connectivity index (χ1n) is 5.61. The van der Waals surface area contributed by atoms with Crippen LogP contribution in [0.4, 0.5) is 0 Å². The van der Waals surface area contributed by atoms with Gasteiger partial charge in [0.2, 0.25) is 11.3 Å². The maximum Gasteiger partial charge on any atom is 0.251 e. The number of halogens is 3. The number of carbonyl (C=O) groups excluding carboxylic acids is 1. The molecule has 5 nitrogen and oxygen atoms in total. The van der Waals surface area contributed by atoms with E-state index in [2.05, 4.69) is 58.1 Å². The maximum absolute atomic E-state index is 12.3. The number of nitrogens with one attached hydrogen (secondary N) is 1. The number of nitrogens with zero attached hydrogens (tertiary/aromatic N) is 1. The lowest BCUT2D eigenvalue weighted by Gasteiger charge is -2.13. The van der Waals surface area contributed by atoms with Gasteiger partial charge in [0.05, 0.1) is 5.52 Å². The van der Waals surface area contributed by atoms with Crippen molar-refractivity contribution in [1.29, 1.82) is 0 Å². The largest absolute Gasteiger partial charge is 0.355 e. The number of aromatic nitrogens is 1. The van der Waals surface area contributed by atoms with Crippen molar-refractivity contribution in [2.75, 3.05) is 7.05 Å². The lowest BCUT2D eigenvalue weighted by molar-refractivity contribution is 0.0964. The van der Waals surface area contributed by atoms with E-state index in [-0.39, 0.29) is 10.9 Å². The van der Waals surface area contributed by atoms with Crippen LogP contribution in [0.3, 0.4) is 0 Å². The van der Waals surface area contributed by atoms with Gasteiger partial charge >= 0.3 is 0 Å². The molecule has 0 aliphatic heterocycles. The monoisotopic (exact) mass is 498 g/mol. The molecule has 0 fully saturated rings. The minimum Gasteiger partial charge on any atom is -0.355 e. The Balaban J connectivity index is 2.68. The van der Waals surface area contributed by atoms with Crippen LogP contribution in [0.1, 0.15) is 10.4 Å². The molecule has 112 valence electrons. The topological polar surface area (TPSA) is 76.1 Å². The third-order valence-electron chi connectivity index (χ3n) is 2.76. The van der Waals surface area contributed by atoms with E-state index in [1.807, 2.05) is 0 Å². The second-order valence-electron chi connectivity index (χ2n) is 4.05. The van der Waals surface area contributed by atoms with Crippen molar-refractivity contribution in [1.82, 2.24) is 10.3 Å². The molecule has 1 heterocycles. The van der Waals surface area contributed by atoms with Gasteiger partial charge in [0.15, 0.2) is 5.03 Å². The lowest BCUT2D eigenvalue weighted by atomic mass is 10.1. The molecular formula is C12H9Br3N2O3S. The van der Waals surface area contributed by atoms with E-state index in [0.29, 0.717) is 16.5 Å². The van der Waals surface area contributed by atoms with Gasteiger partial charge in [-0.15, -0.1) is 0 Å². The fourth-order valence-corrected chi connectivity index (χ4v) is 3.93. The van der Waals surface area contributed by atoms with E-state index in [9.17, 15) is 13.2 Å². The summed E-state index contributed by atoms with van der Waals surface area (Å²) in [6.07, 6.45) is 0. The highest BCUT2D eigenvalue weighted by Gasteiger charge is 2.38. The fraction of sp³-hybridized carbons (Fsp3) is 0.167. The quantitative estimate of drug-likeness (QED) is 0.643. The molecule has 1 N–H and O–H groups in total. The second kappa shape index (κ2) is 5.94. The van der Waals surface area contributed by atoms with Gasteiger partial charge in [-0.25, -0.2) is 13.4 Å². The molecule has 9 heteroatoms. The first-order chi connectivity index (χ1) is 9.68. The van der Waals surface area contributed by atoms with Crippen LogP contribution in [0, 0.1) is 0 Å².